The molecule has 0 bridgehead atoms. The first-order valence-corrected chi connectivity index (χ1v) is 12.6. The fourth-order valence-electron chi connectivity index (χ4n) is 5.88. The summed E-state index contributed by atoms with van der Waals surface area (Å²) in [5.41, 5.74) is 0.404. The predicted octanol–water partition coefficient (Wildman–Crippen LogP) is 3.83. The molecule has 2 aliphatic carbocycles. The second-order valence-electron chi connectivity index (χ2n) is 11.7. The number of aromatic nitrogens is 2. The molecular weight excluding hydrogens is 437 g/mol. The van der Waals surface area contributed by atoms with Crippen molar-refractivity contribution in [1.29, 1.82) is 0 Å². The minimum absolute atomic E-state index is 0.000244. The average Bonchev–Trinajstić information content (AvgIpc) is 3.07. The molecule has 2 aliphatic heterocycles. The number of piperazine rings is 1. The number of nitrogens with zero attached hydrogens (tertiary/aromatic N) is 5. The molecule has 34 heavy (non-hydrogen) atoms. The maximum Gasteiger partial charge on any atom is 0.410 e. The van der Waals surface area contributed by atoms with E-state index in [0.717, 1.165) is 30.6 Å². The molecule has 0 N–H and O–H groups in total. The smallest absolute Gasteiger partial charge is 0.410 e. The van der Waals surface area contributed by atoms with Gasteiger partial charge in [0.05, 0.1) is 0 Å². The SMILES string of the molecule is C[C@@H]1CN(c2ncnc3c2C2(CCC2)CN3C(=O)C2CC(F)C2)[C@@H](C)CN1C(=O)OC(C)(C)C. The van der Waals surface area contributed by atoms with Gasteiger partial charge in [-0.15, -0.1) is 0 Å². The van der Waals surface area contributed by atoms with Crippen molar-refractivity contribution in [1.82, 2.24) is 14.9 Å². The van der Waals surface area contributed by atoms with Crippen molar-refractivity contribution in [3.8, 4) is 0 Å². The third kappa shape index (κ3) is 3.81. The maximum absolute atomic E-state index is 13.5. The Morgan fingerprint density at radius 1 is 1.09 bits per heavy atom. The molecule has 1 aromatic rings. The molecule has 8 nitrogen and oxygen atoms in total. The van der Waals surface area contributed by atoms with Crippen LogP contribution in [0.4, 0.5) is 20.8 Å². The summed E-state index contributed by atoms with van der Waals surface area (Å²) in [6, 6.07) is -0.0202. The second kappa shape index (κ2) is 8.05. The maximum atomic E-state index is 13.5. The van der Waals surface area contributed by atoms with Crippen LogP contribution in [0.25, 0.3) is 0 Å². The summed E-state index contributed by atoms with van der Waals surface area (Å²) in [5.74, 6) is 1.33. The molecule has 4 aliphatic rings. The van der Waals surface area contributed by atoms with Gasteiger partial charge in [0.1, 0.15) is 29.7 Å². The summed E-state index contributed by atoms with van der Waals surface area (Å²) in [6.45, 7) is 11.5. The van der Waals surface area contributed by atoms with Crippen molar-refractivity contribution in [2.24, 2.45) is 5.92 Å². The van der Waals surface area contributed by atoms with E-state index in [-0.39, 0.29) is 35.4 Å². The number of hydrogen-bond donors (Lipinski definition) is 0. The summed E-state index contributed by atoms with van der Waals surface area (Å²) < 4.78 is 19.1. The van der Waals surface area contributed by atoms with E-state index in [4.69, 9.17) is 9.72 Å². The Morgan fingerprint density at radius 3 is 2.35 bits per heavy atom. The zero-order chi connectivity index (χ0) is 24.4. The molecule has 1 spiro atoms. The average molecular weight is 474 g/mol. The van der Waals surface area contributed by atoms with Crippen LogP contribution in [-0.4, -0.2) is 70.4 Å². The van der Waals surface area contributed by atoms with E-state index in [2.05, 4.69) is 16.8 Å². The van der Waals surface area contributed by atoms with Crippen molar-refractivity contribution in [2.45, 2.75) is 96.0 Å². The number of rotatable bonds is 2. The minimum Gasteiger partial charge on any atom is -0.444 e. The van der Waals surface area contributed by atoms with E-state index in [0.29, 0.717) is 38.3 Å². The lowest BCUT2D eigenvalue weighted by Gasteiger charge is -2.46. The van der Waals surface area contributed by atoms with Gasteiger partial charge in [-0.2, -0.15) is 0 Å². The molecule has 5 rings (SSSR count). The van der Waals surface area contributed by atoms with Crippen molar-refractivity contribution in [3.63, 3.8) is 0 Å². The van der Waals surface area contributed by atoms with E-state index >= 15 is 0 Å². The Hall–Kier alpha value is -2.45. The normalized spacial score (nSPS) is 30.0. The molecule has 2 amide bonds. The molecule has 0 aromatic carbocycles. The quantitative estimate of drug-likeness (QED) is 0.650. The Balaban J connectivity index is 1.43. The highest BCUT2D eigenvalue weighted by Gasteiger charge is 2.54. The molecule has 0 unspecified atom stereocenters. The molecule has 186 valence electrons. The third-order valence-corrected chi connectivity index (χ3v) is 7.95. The molecule has 1 saturated heterocycles. The fourth-order valence-corrected chi connectivity index (χ4v) is 5.88. The van der Waals surface area contributed by atoms with Gasteiger partial charge in [-0.05, 0) is 60.3 Å². The highest BCUT2D eigenvalue weighted by atomic mass is 19.1. The van der Waals surface area contributed by atoms with Gasteiger partial charge < -0.3 is 14.5 Å². The Bertz CT molecular complexity index is 985. The molecule has 1 aromatic heterocycles. The monoisotopic (exact) mass is 473 g/mol. The van der Waals surface area contributed by atoms with E-state index in [1.165, 1.54) is 0 Å². The van der Waals surface area contributed by atoms with E-state index in [1.54, 1.807) is 16.1 Å². The molecule has 2 saturated carbocycles. The lowest BCUT2D eigenvalue weighted by atomic mass is 9.66. The van der Waals surface area contributed by atoms with Crippen LogP contribution in [0, 0.1) is 5.92 Å². The van der Waals surface area contributed by atoms with E-state index in [1.807, 2.05) is 27.7 Å². The summed E-state index contributed by atoms with van der Waals surface area (Å²) in [5, 5.41) is 0. The zero-order valence-corrected chi connectivity index (χ0v) is 20.9. The number of anilines is 2. The molecule has 0 radical (unpaired) electrons. The highest BCUT2D eigenvalue weighted by Crippen LogP contribution is 2.55. The van der Waals surface area contributed by atoms with Gasteiger partial charge in [-0.1, -0.05) is 6.42 Å². The van der Waals surface area contributed by atoms with E-state index < -0.39 is 11.8 Å². The van der Waals surface area contributed by atoms with Crippen LogP contribution in [0.2, 0.25) is 0 Å². The van der Waals surface area contributed by atoms with Gasteiger partial charge in [0.2, 0.25) is 5.91 Å². The van der Waals surface area contributed by atoms with Crippen molar-refractivity contribution in [2.75, 3.05) is 29.4 Å². The summed E-state index contributed by atoms with van der Waals surface area (Å²) >= 11 is 0. The van der Waals surface area contributed by atoms with Crippen LogP contribution in [0.1, 0.15) is 72.3 Å². The molecule has 9 heteroatoms. The third-order valence-electron chi connectivity index (χ3n) is 7.95. The predicted molar refractivity (Wildman–Crippen MR) is 127 cm³/mol. The molecule has 3 fully saturated rings. The number of hydrogen-bond acceptors (Lipinski definition) is 6. The number of fused-ring (bicyclic) bond motifs is 2. The van der Waals surface area contributed by atoms with Gasteiger partial charge in [0.15, 0.2) is 0 Å². The number of alkyl halides is 1. The van der Waals surface area contributed by atoms with E-state index in [9.17, 15) is 14.0 Å². The van der Waals surface area contributed by atoms with Gasteiger partial charge in [0, 0.05) is 48.6 Å². The Labute approximate surface area is 200 Å². The summed E-state index contributed by atoms with van der Waals surface area (Å²) in [6.07, 6.45) is 4.14. The van der Waals surface area contributed by atoms with Gasteiger partial charge in [-0.3, -0.25) is 9.69 Å². The number of halogens is 1. The Morgan fingerprint density at radius 2 is 1.76 bits per heavy atom. The first-order valence-electron chi connectivity index (χ1n) is 12.6. The second-order valence-corrected chi connectivity index (χ2v) is 11.7. The van der Waals surface area contributed by atoms with Crippen LogP contribution in [0.5, 0.6) is 0 Å². The fraction of sp³-hybridized carbons (Fsp3) is 0.760. The topological polar surface area (TPSA) is 78.9 Å². The zero-order valence-electron chi connectivity index (χ0n) is 20.9. The lowest BCUT2D eigenvalue weighted by Crippen LogP contribution is -2.59. The van der Waals surface area contributed by atoms with Gasteiger partial charge in [-0.25, -0.2) is 19.2 Å². The number of ether oxygens (including phenoxy) is 1. The van der Waals surface area contributed by atoms with Gasteiger partial charge >= 0.3 is 6.09 Å². The summed E-state index contributed by atoms with van der Waals surface area (Å²) in [4.78, 5) is 41.2. The first kappa shape index (κ1) is 23.3. The van der Waals surface area contributed by atoms with Crippen molar-refractivity contribution in [3.05, 3.63) is 11.9 Å². The van der Waals surface area contributed by atoms with Crippen molar-refractivity contribution < 1.29 is 18.7 Å². The molecule has 2 atom stereocenters. The van der Waals surface area contributed by atoms with Crippen LogP contribution < -0.4 is 9.80 Å². The van der Waals surface area contributed by atoms with Crippen LogP contribution in [0.3, 0.4) is 0 Å². The number of carbonyl (C=O) groups excluding carboxylic acids is 2. The van der Waals surface area contributed by atoms with Gasteiger partial charge in [0.25, 0.3) is 0 Å². The van der Waals surface area contributed by atoms with Crippen LogP contribution in [-0.2, 0) is 14.9 Å². The molecular formula is C25H36FN5O3. The Kier molecular flexibility index (Phi) is 5.52. The van der Waals surface area contributed by atoms with Crippen LogP contribution in [0.15, 0.2) is 6.33 Å². The molecule has 3 heterocycles. The first-order chi connectivity index (χ1) is 16.0. The summed E-state index contributed by atoms with van der Waals surface area (Å²) in [7, 11) is 0. The van der Waals surface area contributed by atoms with Crippen LogP contribution >= 0.6 is 0 Å². The minimum atomic E-state index is -0.863. The number of carbonyl (C=O) groups is 2. The lowest BCUT2D eigenvalue weighted by molar-refractivity contribution is -0.127. The standard InChI is InChI=1S/C25H36FN5O3/c1-15-12-30(23(33)34-24(3,4)5)16(2)11-29(15)20-19-21(28-14-27-20)31(13-25(19)7-6-8-25)22(32)17-9-18(26)10-17/h14-18H,6-13H2,1-5H3/t15-,16+,17?,18?/m0/s1. The van der Waals surface area contributed by atoms with Crippen molar-refractivity contribution >= 4 is 23.6 Å². The number of amides is 2. The largest absolute Gasteiger partial charge is 0.444 e. The highest BCUT2D eigenvalue weighted by molar-refractivity contribution is 5.98.